The van der Waals surface area contributed by atoms with Crippen LogP contribution in [0.15, 0.2) is 12.1 Å². The lowest BCUT2D eigenvalue weighted by Gasteiger charge is -2.30. The Kier molecular flexibility index (Phi) is 3.24. The Hall–Kier alpha value is -1.36. The van der Waals surface area contributed by atoms with Gasteiger partial charge in [-0.05, 0) is 12.1 Å². The molecule has 0 amide bonds. The van der Waals surface area contributed by atoms with Gasteiger partial charge in [0.25, 0.3) is 0 Å². The van der Waals surface area contributed by atoms with Crippen LogP contribution in [0.5, 0.6) is 5.75 Å². The summed E-state index contributed by atoms with van der Waals surface area (Å²) in [6.45, 7) is 3.20. The molecule has 0 radical (unpaired) electrons. The third kappa shape index (κ3) is 1.95. The maximum Gasteiger partial charge on any atom is 0.202 e. The molecule has 0 spiro atoms. The smallest absolute Gasteiger partial charge is 0.202 e. The zero-order valence-electron chi connectivity index (χ0n) is 9.09. The van der Waals surface area contributed by atoms with E-state index < -0.39 is 11.6 Å². The van der Waals surface area contributed by atoms with Crippen molar-refractivity contribution in [2.24, 2.45) is 0 Å². The number of ether oxygens (including phenoxy) is 1. The Morgan fingerprint density at radius 1 is 1.25 bits per heavy atom. The molecule has 1 saturated heterocycles. The van der Waals surface area contributed by atoms with E-state index in [2.05, 4.69) is 5.32 Å². The van der Waals surface area contributed by atoms with E-state index in [9.17, 15) is 8.78 Å². The molecule has 0 saturated carbocycles. The molecule has 0 unspecified atom stereocenters. The Morgan fingerprint density at radius 3 is 2.56 bits per heavy atom. The molecule has 0 atom stereocenters. The predicted octanol–water partition coefficient (Wildman–Crippen LogP) is 1.38. The first-order valence-electron chi connectivity index (χ1n) is 5.21. The number of anilines is 1. The zero-order valence-corrected chi connectivity index (χ0v) is 9.09. The molecule has 0 aliphatic carbocycles. The van der Waals surface area contributed by atoms with Crippen LogP contribution in [0, 0.1) is 11.6 Å². The Balaban J connectivity index is 2.35. The fourth-order valence-corrected chi connectivity index (χ4v) is 1.87. The van der Waals surface area contributed by atoms with Gasteiger partial charge in [-0.2, -0.15) is 4.39 Å². The van der Waals surface area contributed by atoms with E-state index in [1.165, 1.54) is 7.11 Å². The monoisotopic (exact) mass is 228 g/mol. The standard InChI is InChI=1S/C11H14F2N2O/c1-16-11-9(3-2-8(12)10(11)13)15-6-4-14-5-7-15/h2-3,14H,4-7H2,1H3. The summed E-state index contributed by atoms with van der Waals surface area (Å²) < 4.78 is 31.4. The van der Waals surface area contributed by atoms with Gasteiger partial charge in [0.2, 0.25) is 5.82 Å². The van der Waals surface area contributed by atoms with Gasteiger partial charge in [-0.25, -0.2) is 4.39 Å². The van der Waals surface area contributed by atoms with Crippen molar-refractivity contribution < 1.29 is 13.5 Å². The van der Waals surface area contributed by atoms with Gasteiger partial charge >= 0.3 is 0 Å². The first-order chi connectivity index (χ1) is 7.74. The van der Waals surface area contributed by atoms with Crippen molar-refractivity contribution in [2.75, 3.05) is 38.2 Å². The van der Waals surface area contributed by atoms with Crippen LogP contribution in [-0.4, -0.2) is 33.3 Å². The summed E-state index contributed by atoms with van der Waals surface area (Å²) in [5, 5.41) is 3.20. The Labute approximate surface area is 93.0 Å². The van der Waals surface area contributed by atoms with Gasteiger partial charge in [-0.3, -0.25) is 0 Å². The average Bonchev–Trinajstić information content (AvgIpc) is 2.33. The van der Waals surface area contributed by atoms with Crippen molar-refractivity contribution in [3.63, 3.8) is 0 Å². The molecule has 1 aliphatic rings. The van der Waals surface area contributed by atoms with Gasteiger partial charge in [0.05, 0.1) is 12.8 Å². The van der Waals surface area contributed by atoms with Gasteiger partial charge in [-0.1, -0.05) is 0 Å². The van der Waals surface area contributed by atoms with Crippen LogP contribution in [0.4, 0.5) is 14.5 Å². The number of hydrogen-bond donors (Lipinski definition) is 1. The first kappa shape index (κ1) is 11.1. The molecule has 3 nitrogen and oxygen atoms in total. The predicted molar refractivity (Wildman–Crippen MR) is 58.0 cm³/mol. The molecule has 1 aliphatic heterocycles. The topological polar surface area (TPSA) is 24.5 Å². The summed E-state index contributed by atoms with van der Waals surface area (Å²) in [5.74, 6) is -1.81. The van der Waals surface area contributed by atoms with Crippen LogP contribution in [0.1, 0.15) is 0 Å². The molecule has 1 fully saturated rings. The number of benzene rings is 1. The molecule has 1 aromatic rings. The third-order valence-corrected chi connectivity index (χ3v) is 2.69. The normalized spacial score (nSPS) is 16.3. The summed E-state index contributed by atoms with van der Waals surface area (Å²) in [4.78, 5) is 1.98. The van der Waals surface area contributed by atoms with E-state index in [4.69, 9.17) is 4.74 Å². The summed E-state index contributed by atoms with van der Waals surface area (Å²) in [6.07, 6.45) is 0. The molecule has 0 aromatic heterocycles. The largest absolute Gasteiger partial charge is 0.491 e. The number of piperazine rings is 1. The van der Waals surface area contributed by atoms with Crippen LogP contribution in [0.25, 0.3) is 0 Å². The zero-order chi connectivity index (χ0) is 11.5. The van der Waals surface area contributed by atoms with Gasteiger partial charge in [0.1, 0.15) is 0 Å². The molecule has 88 valence electrons. The van der Waals surface area contributed by atoms with E-state index in [1.807, 2.05) is 4.90 Å². The van der Waals surface area contributed by atoms with Crippen LogP contribution in [0.2, 0.25) is 0 Å². The summed E-state index contributed by atoms with van der Waals surface area (Å²) in [7, 11) is 1.35. The number of hydrogen-bond acceptors (Lipinski definition) is 3. The number of rotatable bonds is 2. The van der Waals surface area contributed by atoms with Crippen molar-refractivity contribution in [3.05, 3.63) is 23.8 Å². The molecular weight excluding hydrogens is 214 g/mol. The second kappa shape index (κ2) is 4.65. The maximum absolute atomic E-state index is 13.5. The van der Waals surface area contributed by atoms with Crippen molar-refractivity contribution in [2.45, 2.75) is 0 Å². The third-order valence-electron chi connectivity index (χ3n) is 2.69. The highest BCUT2D eigenvalue weighted by atomic mass is 19.2. The average molecular weight is 228 g/mol. The second-order valence-corrected chi connectivity index (χ2v) is 3.65. The van der Waals surface area contributed by atoms with E-state index in [-0.39, 0.29) is 5.75 Å². The molecule has 1 N–H and O–H groups in total. The highest BCUT2D eigenvalue weighted by Crippen LogP contribution is 2.32. The second-order valence-electron chi connectivity index (χ2n) is 3.65. The molecule has 1 heterocycles. The molecule has 2 rings (SSSR count). The molecular formula is C11H14F2N2O. The van der Waals surface area contributed by atoms with E-state index >= 15 is 0 Å². The summed E-state index contributed by atoms with van der Waals surface area (Å²) in [5.41, 5.74) is 0.614. The number of nitrogens with zero attached hydrogens (tertiary/aromatic N) is 1. The quantitative estimate of drug-likeness (QED) is 0.827. The lowest BCUT2D eigenvalue weighted by molar-refractivity contribution is 0.371. The van der Waals surface area contributed by atoms with Crippen molar-refractivity contribution >= 4 is 5.69 Å². The minimum absolute atomic E-state index is 0.0121. The van der Waals surface area contributed by atoms with Gasteiger partial charge in [0, 0.05) is 26.2 Å². The van der Waals surface area contributed by atoms with Crippen LogP contribution < -0.4 is 15.0 Å². The molecule has 16 heavy (non-hydrogen) atoms. The van der Waals surface area contributed by atoms with Crippen molar-refractivity contribution in [3.8, 4) is 5.75 Å². The minimum Gasteiger partial charge on any atom is -0.491 e. The van der Waals surface area contributed by atoms with Crippen LogP contribution in [-0.2, 0) is 0 Å². The van der Waals surface area contributed by atoms with Crippen LogP contribution >= 0.6 is 0 Å². The number of methoxy groups -OCH3 is 1. The SMILES string of the molecule is COc1c(N2CCNCC2)ccc(F)c1F. The van der Waals surface area contributed by atoms with Gasteiger partial charge < -0.3 is 15.0 Å². The Morgan fingerprint density at radius 2 is 1.94 bits per heavy atom. The first-order valence-corrected chi connectivity index (χ1v) is 5.21. The molecule has 1 aromatic carbocycles. The minimum atomic E-state index is -0.918. The number of halogens is 2. The van der Waals surface area contributed by atoms with Gasteiger partial charge in [0.15, 0.2) is 11.6 Å². The summed E-state index contributed by atoms with van der Waals surface area (Å²) >= 11 is 0. The van der Waals surface area contributed by atoms with Gasteiger partial charge in [-0.15, -0.1) is 0 Å². The fraction of sp³-hybridized carbons (Fsp3) is 0.455. The van der Waals surface area contributed by atoms with Crippen LogP contribution in [0.3, 0.4) is 0 Å². The van der Waals surface area contributed by atoms with E-state index in [0.717, 1.165) is 32.2 Å². The Bertz CT molecular complexity index is 378. The highest BCUT2D eigenvalue weighted by molar-refractivity contribution is 5.59. The maximum atomic E-state index is 13.5. The molecule has 0 bridgehead atoms. The highest BCUT2D eigenvalue weighted by Gasteiger charge is 2.20. The summed E-state index contributed by atoms with van der Waals surface area (Å²) in [6, 6.07) is 2.69. The number of nitrogens with one attached hydrogen (secondary N) is 1. The fourth-order valence-electron chi connectivity index (χ4n) is 1.87. The van der Waals surface area contributed by atoms with E-state index in [1.54, 1.807) is 6.07 Å². The lowest BCUT2D eigenvalue weighted by atomic mass is 10.2. The lowest BCUT2D eigenvalue weighted by Crippen LogP contribution is -2.43. The van der Waals surface area contributed by atoms with E-state index in [0.29, 0.717) is 5.69 Å². The van der Waals surface area contributed by atoms with Crippen molar-refractivity contribution in [1.29, 1.82) is 0 Å². The molecule has 5 heteroatoms. The van der Waals surface area contributed by atoms with Crippen molar-refractivity contribution in [1.82, 2.24) is 5.32 Å².